The number of nitrogens with two attached hydrogens (primary N) is 1. The molecule has 0 radical (unpaired) electrons. The van der Waals surface area contributed by atoms with Crippen molar-refractivity contribution in [3.63, 3.8) is 0 Å². The van der Waals surface area contributed by atoms with Gasteiger partial charge in [0.15, 0.2) is 0 Å². The number of hydrogen-bond acceptors (Lipinski definition) is 3. The highest BCUT2D eigenvalue weighted by atomic mass is 14.9. The summed E-state index contributed by atoms with van der Waals surface area (Å²) < 4.78 is 0. The molecule has 3 nitrogen and oxygen atoms in total. The SMILES string of the molecule is Cc1cnc(C(N)Cc2ccccc2)nc1. The quantitative estimate of drug-likeness (QED) is 0.848. The molecule has 16 heavy (non-hydrogen) atoms. The van der Waals surface area contributed by atoms with Gasteiger partial charge in [-0.2, -0.15) is 0 Å². The molecule has 2 aromatic rings. The zero-order valence-electron chi connectivity index (χ0n) is 9.30. The minimum atomic E-state index is -0.136. The van der Waals surface area contributed by atoms with E-state index < -0.39 is 0 Å². The van der Waals surface area contributed by atoms with Gasteiger partial charge in [0.1, 0.15) is 5.82 Å². The van der Waals surface area contributed by atoms with Crippen LogP contribution in [-0.4, -0.2) is 9.97 Å². The van der Waals surface area contributed by atoms with Crippen molar-refractivity contribution in [2.24, 2.45) is 5.73 Å². The van der Waals surface area contributed by atoms with Crippen LogP contribution in [-0.2, 0) is 6.42 Å². The molecule has 2 N–H and O–H groups in total. The van der Waals surface area contributed by atoms with Crippen LogP contribution in [0.3, 0.4) is 0 Å². The minimum absolute atomic E-state index is 0.136. The molecule has 2 rings (SSSR count). The van der Waals surface area contributed by atoms with E-state index in [2.05, 4.69) is 22.1 Å². The minimum Gasteiger partial charge on any atom is -0.321 e. The summed E-state index contributed by atoms with van der Waals surface area (Å²) in [7, 11) is 0. The molecule has 1 aromatic carbocycles. The normalized spacial score (nSPS) is 12.4. The lowest BCUT2D eigenvalue weighted by atomic mass is 10.1. The Labute approximate surface area is 95.4 Å². The topological polar surface area (TPSA) is 51.8 Å². The average Bonchev–Trinajstić information content (AvgIpc) is 2.31. The molecule has 0 fully saturated rings. The number of aryl methyl sites for hydroxylation is 1. The number of rotatable bonds is 3. The largest absolute Gasteiger partial charge is 0.321 e. The third kappa shape index (κ3) is 2.64. The van der Waals surface area contributed by atoms with Crippen LogP contribution in [0.2, 0.25) is 0 Å². The van der Waals surface area contributed by atoms with Gasteiger partial charge in [0.05, 0.1) is 6.04 Å². The lowest BCUT2D eigenvalue weighted by Gasteiger charge is -2.09. The number of hydrogen-bond donors (Lipinski definition) is 1. The zero-order chi connectivity index (χ0) is 11.4. The first-order valence-corrected chi connectivity index (χ1v) is 5.34. The summed E-state index contributed by atoms with van der Waals surface area (Å²) >= 11 is 0. The second-order valence-corrected chi connectivity index (χ2v) is 3.91. The lowest BCUT2D eigenvalue weighted by Crippen LogP contribution is -2.16. The van der Waals surface area contributed by atoms with E-state index in [1.54, 1.807) is 12.4 Å². The van der Waals surface area contributed by atoms with E-state index in [1.807, 2.05) is 25.1 Å². The van der Waals surface area contributed by atoms with Gasteiger partial charge in [0, 0.05) is 12.4 Å². The van der Waals surface area contributed by atoms with Crippen molar-refractivity contribution >= 4 is 0 Å². The molecule has 1 heterocycles. The maximum absolute atomic E-state index is 6.05. The maximum atomic E-state index is 6.05. The summed E-state index contributed by atoms with van der Waals surface area (Å²) in [6, 6.07) is 10.0. The van der Waals surface area contributed by atoms with Gasteiger partial charge in [0.25, 0.3) is 0 Å². The fraction of sp³-hybridized carbons (Fsp3) is 0.231. The molecular weight excluding hydrogens is 198 g/mol. The van der Waals surface area contributed by atoms with Crippen LogP contribution < -0.4 is 5.73 Å². The fourth-order valence-corrected chi connectivity index (χ4v) is 1.55. The smallest absolute Gasteiger partial charge is 0.145 e. The van der Waals surface area contributed by atoms with Crippen molar-refractivity contribution in [1.29, 1.82) is 0 Å². The van der Waals surface area contributed by atoms with Crippen LogP contribution in [0.15, 0.2) is 42.7 Å². The molecule has 1 aromatic heterocycles. The van der Waals surface area contributed by atoms with Gasteiger partial charge in [-0.3, -0.25) is 0 Å². The van der Waals surface area contributed by atoms with E-state index in [0.29, 0.717) is 5.82 Å². The van der Waals surface area contributed by atoms with Crippen LogP contribution >= 0.6 is 0 Å². The van der Waals surface area contributed by atoms with E-state index >= 15 is 0 Å². The van der Waals surface area contributed by atoms with Gasteiger partial charge in [-0.15, -0.1) is 0 Å². The Balaban J connectivity index is 2.09. The highest BCUT2D eigenvalue weighted by molar-refractivity contribution is 5.17. The van der Waals surface area contributed by atoms with Crippen molar-refractivity contribution in [3.8, 4) is 0 Å². The predicted molar refractivity (Wildman–Crippen MR) is 63.8 cm³/mol. The molecule has 0 aliphatic carbocycles. The second kappa shape index (κ2) is 4.86. The molecule has 0 spiro atoms. The lowest BCUT2D eigenvalue weighted by molar-refractivity contribution is 0.665. The molecule has 3 heteroatoms. The van der Waals surface area contributed by atoms with Gasteiger partial charge in [-0.1, -0.05) is 30.3 Å². The van der Waals surface area contributed by atoms with Crippen molar-refractivity contribution in [2.75, 3.05) is 0 Å². The molecule has 1 unspecified atom stereocenters. The van der Waals surface area contributed by atoms with E-state index in [0.717, 1.165) is 12.0 Å². The Morgan fingerprint density at radius 1 is 1.12 bits per heavy atom. The fourth-order valence-electron chi connectivity index (χ4n) is 1.55. The summed E-state index contributed by atoms with van der Waals surface area (Å²) in [4.78, 5) is 8.48. The van der Waals surface area contributed by atoms with E-state index in [1.165, 1.54) is 5.56 Å². The molecule has 1 atom stereocenters. The van der Waals surface area contributed by atoms with Gasteiger partial charge in [-0.25, -0.2) is 9.97 Å². The Morgan fingerprint density at radius 2 is 1.75 bits per heavy atom. The Bertz CT molecular complexity index is 436. The molecule has 0 saturated carbocycles. The van der Waals surface area contributed by atoms with Crippen LogP contribution in [0.4, 0.5) is 0 Å². The van der Waals surface area contributed by atoms with Crippen molar-refractivity contribution in [3.05, 3.63) is 59.7 Å². The first-order valence-electron chi connectivity index (χ1n) is 5.34. The third-order valence-corrected chi connectivity index (χ3v) is 2.43. The summed E-state index contributed by atoms with van der Waals surface area (Å²) in [6.45, 7) is 1.96. The van der Waals surface area contributed by atoms with Gasteiger partial charge < -0.3 is 5.73 Å². The zero-order valence-corrected chi connectivity index (χ0v) is 9.30. The number of nitrogens with zero attached hydrogens (tertiary/aromatic N) is 2. The standard InChI is InChI=1S/C13H15N3/c1-10-8-15-13(16-9-10)12(14)7-11-5-3-2-4-6-11/h2-6,8-9,12H,7,14H2,1H3. The molecule has 0 amide bonds. The third-order valence-electron chi connectivity index (χ3n) is 2.43. The van der Waals surface area contributed by atoms with Gasteiger partial charge >= 0.3 is 0 Å². The van der Waals surface area contributed by atoms with E-state index in [4.69, 9.17) is 5.73 Å². The highest BCUT2D eigenvalue weighted by Crippen LogP contribution is 2.11. The average molecular weight is 213 g/mol. The molecule has 0 bridgehead atoms. The first-order chi connectivity index (χ1) is 7.75. The molecule has 0 aliphatic rings. The van der Waals surface area contributed by atoms with Crippen LogP contribution in [0, 0.1) is 6.92 Å². The Kier molecular flexibility index (Phi) is 3.27. The molecular formula is C13H15N3. The highest BCUT2D eigenvalue weighted by Gasteiger charge is 2.09. The summed E-state index contributed by atoms with van der Waals surface area (Å²) in [5, 5.41) is 0. The summed E-state index contributed by atoms with van der Waals surface area (Å²) in [6.07, 6.45) is 4.37. The summed E-state index contributed by atoms with van der Waals surface area (Å²) in [5.74, 6) is 0.703. The van der Waals surface area contributed by atoms with Crippen LogP contribution in [0.1, 0.15) is 23.0 Å². The van der Waals surface area contributed by atoms with Crippen molar-refractivity contribution in [1.82, 2.24) is 9.97 Å². The predicted octanol–water partition coefficient (Wildman–Crippen LogP) is 2.03. The van der Waals surface area contributed by atoms with E-state index in [-0.39, 0.29) is 6.04 Å². The Morgan fingerprint density at radius 3 is 2.38 bits per heavy atom. The number of benzene rings is 1. The van der Waals surface area contributed by atoms with Crippen molar-refractivity contribution in [2.45, 2.75) is 19.4 Å². The van der Waals surface area contributed by atoms with Crippen molar-refractivity contribution < 1.29 is 0 Å². The monoisotopic (exact) mass is 213 g/mol. The van der Waals surface area contributed by atoms with Gasteiger partial charge in [-0.05, 0) is 24.5 Å². The van der Waals surface area contributed by atoms with Crippen LogP contribution in [0.5, 0.6) is 0 Å². The molecule has 0 aliphatic heterocycles. The van der Waals surface area contributed by atoms with E-state index in [9.17, 15) is 0 Å². The Hall–Kier alpha value is -1.74. The van der Waals surface area contributed by atoms with Gasteiger partial charge in [0.2, 0.25) is 0 Å². The first kappa shape index (κ1) is 10.8. The number of aromatic nitrogens is 2. The summed E-state index contributed by atoms with van der Waals surface area (Å²) in [5.41, 5.74) is 8.31. The van der Waals surface area contributed by atoms with Crippen LogP contribution in [0.25, 0.3) is 0 Å². The molecule has 0 saturated heterocycles. The maximum Gasteiger partial charge on any atom is 0.145 e. The second-order valence-electron chi connectivity index (χ2n) is 3.91. The molecule has 82 valence electrons.